The van der Waals surface area contributed by atoms with Gasteiger partial charge in [0.05, 0.1) is 12.7 Å². The van der Waals surface area contributed by atoms with Crippen molar-refractivity contribution in [2.75, 3.05) is 7.11 Å². The molecule has 3 rings (SSSR count). The van der Waals surface area contributed by atoms with Crippen molar-refractivity contribution in [1.29, 1.82) is 0 Å². The molecule has 2 aromatic rings. The number of ether oxygens (including phenoxy) is 1. The van der Waals surface area contributed by atoms with E-state index in [4.69, 9.17) is 4.74 Å². The molecule has 2 nitrogen and oxygen atoms in total. The van der Waals surface area contributed by atoms with Crippen molar-refractivity contribution in [3.63, 3.8) is 0 Å². The van der Waals surface area contributed by atoms with Crippen LogP contribution in [-0.2, 0) is 6.42 Å². The van der Waals surface area contributed by atoms with Crippen LogP contribution in [0.2, 0.25) is 0 Å². The van der Waals surface area contributed by atoms with E-state index < -0.39 is 5.60 Å². The van der Waals surface area contributed by atoms with Gasteiger partial charge < -0.3 is 9.84 Å². The first-order valence-corrected chi connectivity index (χ1v) is 6.35. The Morgan fingerprint density at radius 1 is 1.38 bits per heavy atom. The average Bonchev–Trinajstić information content (AvgIpc) is 2.80. The van der Waals surface area contributed by atoms with Gasteiger partial charge in [0.2, 0.25) is 0 Å². The van der Waals surface area contributed by atoms with Crippen LogP contribution in [0.25, 0.3) is 10.1 Å². The number of benzene rings is 1. The van der Waals surface area contributed by atoms with Gasteiger partial charge in [-0.1, -0.05) is 6.07 Å². The highest BCUT2D eigenvalue weighted by molar-refractivity contribution is 7.17. The van der Waals surface area contributed by atoms with Gasteiger partial charge in [-0.3, -0.25) is 0 Å². The fraction of sp³-hybridized carbons (Fsp3) is 0.385. The molecule has 0 aliphatic heterocycles. The zero-order chi connectivity index (χ0) is 11.2. The Hall–Kier alpha value is -1.06. The van der Waals surface area contributed by atoms with Crippen LogP contribution in [0.5, 0.6) is 5.75 Å². The Morgan fingerprint density at radius 3 is 2.88 bits per heavy atom. The maximum atomic E-state index is 9.97. The fourth-order valence-electron chi connectivity index (χ4n) is 2.12. The molecule has 0 radical (unpaired) electrons. The Morgan fingerprint density at radius 2 is 2.19 bits per heavy atom. The third kappa shape index (κ3) is 1.60. The van der Waals surface area contributed by atoms with Crippen LogP contribution in [-0.4, -0.2) is 17.8 Å². The number of rotatable bonds is 3. The minimum Gasteiger partial charge on any atom is -0.496 e. The van der Waals surface area contributed by atoms with Gasteiger partial charge >= 0.3 is 0 Å². The Balaban J connectivity index is 2.08. The van der Waals surface area contributed by atoms with Crippen molar-refractivity contribution in [2.24, 2.45) is 0 Å². The summed E-state index contributed by atoms with van der Waals surface area (Å²) < 4.78 is 6.73. The molecule has 1 fully saturated rings. The lowest BCUT2D eigenvalue weighted by Gasteiger charge is -2.12. The number of hydrogen-bond acceptors (Lipinski definition) is 3. The summed E-state index contributed by atoms with van der Waals surface area (Å²) in [7, 11) is 1.70. The molecule has 0 spiro atoms. The predicted molar refractivity (Wildman–Crippen MR) is 66.3 cm³/mol. The highest BCUT2D eigenvalue weighted by atomic mass is 32.1. The van der Waals surface area contributed by atoms with E-state index in [0.29, 0.717) is 6.42 Å². The van der Waals surface area contributed by atoms with Crippen molar-refractivity contribution in [3.8, 4) is 5.75 Å². The second-order valence-electron chi connectivity index (χ2n) is 4.49. The molecule has 0 atom stereocenters. The SMILES string of the molecule is COc1c(CC2(O)CC2)ccc2sccc12. The van der Waals surface area contributed by atoms with Gasteiger partial charge in [-0.05, 0) is 35.9 Å². The molecule has 1 aromatic heterocycles. The van der Waals surface area contributed by atoms with Gasteiger partial charge in [0.25, 0.3) is 0 Å². The highest BCUT2D eigenvalue weighted by Crippen LogP contribution is 2.42. The quantitative estimate of drug-likeness (QED) is 0.884. The summed E-state index contributed by atoms with van der Waals surface area (Å²) in [5, 5.41) is 13.2. The molecule has 16 heavy (non-hydrogen) atoms. The monoisotopic (exact) mass is 234 g/mol. The zero-order valence-corrected chi connectivity index (χ0v) is 10.0. The minimum absolute atomic E-state index is 0.461. The number of hydrogen-bond donors (Lipinski definition) is 1. The third-order valence-corrected chi connectivity index (χ3v) is 4.10. The number of thiophene rings is 1. The summed E-state index contributed by atoms with van der Waals surface area (Å²) in [5.74, 6) is 0.930. The predicted octanol–water partition coefficient (Wildman–Crippen LogP) is 2.98. The molecule has 0 saturated heterocycles. The van der Waals surface area contributed by atoms with Gasteiger partial charge in [0.15, 0.2) is 0 Å². The summed E-state index contributed by atoms with van der Waals surface area (Å²) in [5.41, 5.74) is 0.658. The van der Waals surface area contributed by atoms with Crippen molar-refractivity contribution in [3.05, 3.63) is 29.1 Å². The van der Waals surface area contributed by atoms with Crippen LogP contribution in [0.15, 0.2) is 23.6 Å². The lowest BCUT2D eigenvalue weighted by Crippen LogP contribution is -2.11. The molecule has 1 saturated carbocycles. The van der Waals surface area contributed by atoms with Crippen LogP contribution in [0.3, 0.4) is 0 Å². The Labute approximate surface area is 98.5 Å². The molecule has 84 valence electrons. The number of fused-ring (bicyclic) bond motifs is 1. The third-order valence-electron chi connectivity index (χ3n) is 3.22. The number of methoxy groups -OCH3 is 1. The van der Waals surface area contributed by atoms with Crippen molar-refractivity contribution in [1.82, 2.24) is 0 Å². The second kappa shape index (κ2) is 3.47. The molecule has 1 aliphatic rings. The van der Waals surface area contributed by atoms with E-state index in [0.717, 1.165) is 29.5 Å². The Bertz CT molecular complexity index is 526. The van der Waals surface area contributed by atoms with Crippen LogP contribution in [0.1, 0.15) is 18.4 Å². The normalized spacial score (nSPS) is 17.6. The second-order valence-corrected chi connectivity index (χ2v) is 5.44. The van der Waals surface area contributed by atoms with E-state index >= 15 is 0 Å². The first-order chi connectivity index (χ1) is 7.72. The summed E-state index contributed by atoms with van der Waals surface area (Å²) in [6.07, 6.45) is 2.54. The minimum atomic E-state index is -0.461. The summed E-state index contributed by atoms with van der Waals surface area (Å²) in [6, 6.07) is 6.27. The molecule has 3 heteroatoms. The van der Waals surface area contributed by atoms with Gasteiger partial charge in [-0.25, -0.2) is 0 Å². The van der Waals surface area contributed by atoms with Gasteiger partial charge in [0.1, 0.15) is 5.75 Å². The zero-order valence-electron chi connectivity index (χ0n) is 9.19. The van der Waals surface area contributed by atoms with Crippen LogP contribution >= 0.6 is 11.3 Å². The van der Waals surface area contributed by atoms with E-state index in [9.17, 15) is 5.11 Å². The van der Waals surface area contributed by atoms with E-state index in [1.54, 1.807) is 18.4 Å². The molecular formula is C13H14O2S. The van der Waals surface area contributed by atoms with Crippen molar-refractivity contribution < 1.29 is 9.84 Å². The van der Waals surface area contributed by atoms with Gasteiger partial charge in [-0.2, -0.15) is 0 Å². The van der Waals surface area contributed by atoms with E-state index in [1.807, 2.05) is 0 Å². The lowest BCUT2D eigenvalue weighted by molar-refractivity contribution is 0.150. The summed E-state index contributed by atoms with van der Waals surface area (Å²) in [6.45, 7) is 0. The topological polar surface area (TPSA) is 29.5 Å². The van der Waals surface area contributed by atoms with Gasteiger partial charge in [0, 0.05) is 16.5 Å². The van der Waals surface area contributed by atoms with Crippen LogP contribution < -0.4 is 4.74 Å². The van der Waals surface area contributed by atoms with Crippen molar-refractivity contribution in [2.45, 2.75) is 24.9 Å². The maximum absolute atomic E-state index is 9.97. The first-order valence-electron chi connectivity index (χ1n) is 5.47. The highest BCUT2D eigenvalue weighted by Gasteiger charge is 2.40. The molecular weight excluding hydrogens is 220 g/mol. The van der Waals surface area contributed by atoms with Crippen LogP contribution in [0, 0.1) is 0 Å². The van der Waals surface area contributed by atoms with E-state index in [1.165, 1.54) is 4.70 Å². The summed E-state index contributed by atoms with van der Waals surface area (Å²) >= 11 is 1.72. The van der Waals surface area contributed by atoms with Gasteiger partial charge in [-0.15, -0.1) is 11.3 Å². The molecule has 1 aromatic carbocycles. The van der Waals surface area contributed by atoms with Crippen molar-refractivity contribution >= 4 is 21.4 Å². The average molecular weight is 234 g/mol. The molecule has 1 heterocycles. The molecule has 1 aliphatic carbocycles. The van der Waals surface area contributed by atoms with E-state index in [-0.39, 0.29) is 0 Å². The molecule has 0 amide bonds. The lowest BCUT2D eigenvalue weighted by atomic mass is 10.0. The standard InChI is InChI=1S/C13H14O2S/c1-15-12-9(8-13(14)5-6-13)2-3-11-10(12)4-7-16-11/h2-4,7,14H,5-6,8H2,1H3. The smallest absolute Gasteiger partial charge is 0.130 e. The fourth-order valence-corrected chi connectivity index (χ4v) is 2.90. The summed E-state index contributed by atoms with van der Waals surface area (Å²) in [4.78, 5) is 0. The molecule has 0 bridgehead atoms. The Kier molecular flexibility index (Phi) is 2.19. The maximum Gasteiger partial charge on any atom is 0.130 e. The molecule has 1 N–H and O–H groups in total. The number of aliphatic hydroxyl groups is 1. The first kappa shape index (κ1) is 10.1. The molecule has 0 unspecified atom stereocenters. The van der Waals surface area contributed by atoms with Crippen LogP contribution in [0.4, 0.5) is 0 Å². The van der Waals surface area contributed by atoms with E-state index in [2.05, 4.69) is 23.6 Å². The largest absolute Gasteiger partial charge is 0.496 e.